The number of nitrogens with one attached hydrogen (secondary N) is 2. The largest absolute Gasteiger partial charge is 0.478 e. The van der Waals surface area contributed by atoms with Crippen LogP contribution >= 0.6 is 0 Å². The Labute approximate surface area is 160 Å². The summed E-state index contributed by atoms with van der Waals surface area (Å²) in [6, 6.07) is 9.81. The zero-order chi connectivity index (χ0) is 20.5. The summed E-state index contributed by atoms with van der Waals surface area (Å²) in [4.78, 5) is 10.0. The first-order valence-electron chi connectivity index (χ1n) is 7.79. The summed E-state index contributed by atoms with van der Waals surface area (Å²) in [6.45, 7) is 0. The Balaban J connectivity index is 2.03. The Kier molecular flexibility index (Phi) is 4.96. The molecule has 0 saturated carbocycles. The minimum Gasteiger partial charge on any atom is -0.478 e. The molecular weight excluding hydrogens is 406 g/mol. The molecule has 3 rings (SSSR count). The van der Waals surface area contributed by atoms with Crippen LogP contribution in [0.2, 0.25) is 0 Å². The molecule has 3 aromatic rings. The highest BCUT2D eigenvalue weighted by Gasteiger charge is 2.23. The van der Waals surface area contributed by atoms with Crippen LogP contribution in [-0.2, 0) is 24.7 Å². The van der Waals surface area contributed by atoms with Crippen molar-refractivity contribution in [3.8, 4) is 0 Å². The van der Waals surface area contributed by atoms with E-state index in [2.05, 4.69) is 14.9 Å². The fourth-order valence-electron chi connectivity index (χ4n) is 2.56. The molecule has 0 amide bonds. The highest BCUT2D eigenvalue weighted by molar-refractivity contribution is 7.95. The lowest BCUT2D eigenvalue weighted by molar-refractivity contribution is -0.131. The summed E-state index contributed by atoms with van der Waals surface area (Å²) in [7, 11) is -7.95. The molecule has 146 valence electrons. The number of aromatic amines is 1. The van der Waals surface area contributed by atoms with Crippen LogP contribution in [0.4, 0.5) is 5.69 Å². The zero-order valence-electron chi connectivity index (χ0n) is 14.4. The van der Waals surface area contributed by atoms with Crippen molar-refractivity contribution in [3.63, 3.8) is 0 Å². The monoisotopic (exact) mass is 421 g/mol. The van der Waals surface area contributed by atoms with E-state index in [1.165, 1.54) is 42.5 Å². The minimum atomic E-state index is -4.19. The second-order valence-electron chi connectivity index (χ2n) is 5.87. The summed E-state index contributed by atoms with van der Waals surface area (Å²) in [6.07, 6.45) is 3.12. The molecule has 1 heterocycles. The van der Waals surface area contributed by atoms with E-state index >= 15 is 0 Å². The predicted octanol–water partition coefficient (Wildman–Crippen LogP) is 1.87. The van der Waals surface area contributed by atoms with Crippen molar-refractivity contribution in [1.29, 1.82) is 0 Å². The van der Waals surface area contributed by atoms with Gasteiger partial charge in [0.25, 0.3) is 10.0 Å². The summed E-state index contributed by atoms with van der Waals surface area (Å²) in [5, 5.41) is 15.9. The van der Waals surface area contributed by atoms with Gasteiger partial charge in [0.1, 0.15) is 4.90 Å². The van der Waals surface area contributed by atoms with Crippen molar-refractivity contribution in [3.05, 3.63) is 54.2 Å². The summed E-state index contributed by atoms with van der Waals surface area (Å²) in [5.41, 5.74) is 1.06. The maximum atomic E-state index is 12.8. The molecule has 0 aliphatic carbocycles. The summed E-state index contributed by atoms with van der Waals surface area (Å²) < 4.78 is 51.7. The first-order valence-corrected chi connectivity index (χ1v) is 11.2. The fourth-order valence-corrected chi connectivity index (χ4v) is 5.24. The molecular formula is C17H15N3O6S2. The molecule has 1 aromatic heterocycles. The van der Waals surface area contributed by atoms with Gasteiger partial charge in [-0.05, 0) is 36.4 Å². The van der Waals surface area contributed by atoms with Gasteiger partial charge in [-0.1, -0.05) is 12.1 Å². The molecule has 11 heteroatoms. The van der Waals surface area contributed by atoms with E-state index in [-0.39, 0.29) is 15.5 Å². The third-order valence-corrected chi connectivity index (χ3v) is 6.49. The average Bonchev–Trinajstić information content (AvgIpc) is 3.01. The van der Waals surface area contributed by atoms with Crippen molar-refractivity contribution >= 4 is 48.5 Å². The van der Waals surface area contributed by atoms with Crippen molar-refractivity contribution in [2.45, 2.75) is 9.79 Å². The number of carboxylic acids is 1. The smallest absolute Gasteiger partial charge is 0.328 e. The van der Waals surface area contributed by atoms with Crippen LogP contribution in [0.5, 0.6) is 0 Å². The van der Waals surface area contributed by atoms with Gasteiger partial charge in [-0.2, -0.15) is 5.10 Å². The lowest BCUT2D eigenvalue weighted by atomic mass is 10.2. The van der Waals surface area contributed by atoms with E-state index in [9.17, 15) is 21.6 Å². The number of carbonyl (C=O) groups is 1. The molecule has 28 heavy (non-hydrogen) atoms. The van der Waals surface area contributed by atoms with Crippen molar-refractivity contribution in [2.24, 2.45) is 0 Å². The Bertz CT molecular complexity index is 1310. The maximum absolute atomic E-state index is 12.8. The number of fused-ring (bicyclic) bond motifs is 1. The lowest BCUT2D eigenvalue weighted by Gasteiger charge is -2.11. The van der Waals surface area contributed by atoms with Crippen LogP contribution in [0.15, 0.2) is 58.3 Å². The Hall–Kier alpha value is -3.18. The van der Waals surface area contributed by atoms with E-state index in [1.54, 1.807) is 6.07 Å². The highest BCUT2D eigenvalue weighted by Crippen LogP contribution is 2.26. The molecule has 0 bridgehead atoms. The van der Waals surface area contributed by atoms with E-state index in [4.69, 9.17) is 5.11 Å². The predicted molar refractivity (Wildman–Crippen MR) is 103 cm³/mol. The van der Waals surface area contributed by atoms with Crippen LogP contribution in [0, 0.1) is 0 Å². The van der Waals surface area contributed by atoms with E-state index in [1.807, 2.05) is 0 Å². The van der Waals surface area contributed by atoms with Crippen molar-refractivity contribution in [2.75, 3.05) is 11.0 Å². The molecule has 9 nitrogen and oxygen atoms in total. The minimum absolute atomic E-state index is 0.169. The molecule has 0 spiro atoms. The van der Waals surface area contributed by atoms with Gasteiger partial charge < -0.3 is 5.11 Å². The number of hydrogen-bond acceptors (Lipinski definition) is 6. The van der Waals surface area contributed by atoms with E-state index in [0.717, 1.165) is 12.3 Å². The van der Waals surface area contributed by atoms with E-state index < -0.39 is 25.8 Å². The SMILES string of the molecule is CS(=O)(=O)c1ccccc1S(=O)(=O)Nc1ccc2[nH]nc(/C=C/C(=O)O)c2c1. The molecule has 0 radical (unpaired) electrons. The molecule has 0 saturated heterocycles. The fraction of sp³-hybridized carbons (Fsp3) is 0.0588. The molecule has 2 aromatic carbocycles. The van der Waals surface area contributed by atoms with Crippen LogP contribution in [0.3, 0.4) is 0 Å². The number of sulfonamides is 1. The normalized spacial score (nSPS) is 12.5. The van der Waals surface area contributed by atoms with Crippen molar-refractivity contribution < 1.29 is 26.7 Å². The number of anilines is 1. The van der Waals surface area contributed by atoms with Gasteiger partial charge in [0, 0.05) is 23.4 Å². The molecule has 0 aliphatic rings. The zero-order valence-corrected chi connectivity index (χ0v) is 16.1. The topological polar surface area (TPSA) is 146 Å². The maximum Gasteiger partial charge on any atom is 0.328 e. The van der Waals surface area contributed by atoms with Gasteiger partial charge >= 0.3 is 5.97 Å². The van der Waals surface area contributed by atoms with Crippen molar-refractivity contribution in [1.82, 2.24) is 10.2 Å². The Morgan fingerprint density at radius 1 is 1.11 bits per heavy atom. The Morgan fingerprint density at radius 2 is 1.79 bits per heavy atom. The van der Waals surface area contributed by atoms with Gasteiger partial charge in [-0.25, -0.2) is 21.6 Å². The summed E-state index contributed by atoms with van der Waals surface area (Å²) in [5.74, 6) is -1.15. The lowest BCUT2D eigenvalue weighted by Crippen LogP contribution is -2.16. The number of hydrogen-bond donors (Lipinski definition) is 3. The number of carboxylic acid groups (broad SMARTS) is 1. The number of aliphatic carboxylic acids is 1. The van der Waals surface area contributed by atoms with Crippen LogP contribution in [-0.4, -0.2) is 44.4 Å². The summed E-state index contributed by atoms with van der Waals surface area (Å²) >= 11 is 0. The number of sulfone groups is 1. The average molecular weight is 421 g/mol. The van der Waals surface area contributed by atoms with E-state index in [0.29, 0.717) is 16.6 Å². The number of benzene rings is 2. The second kappa shape index (κ2) is 7.09. The van der Waals surface area contributed by atoms with Gasteiger partial charge in [0.2, 0.25) is 0 Å². The number of rotatable bonds is 6. The van der Waals surface area contributed by atoms with Gasteiger partial charge in [-0.15, -0.1) is 0 Å². The molecule has 0 fully saturated rings. The third-order valence-electron chi connectivity index (χ3n) is 3.77. The number of H-pyrrole nitrogens is 1. The first-order chi connectivity index (χ1) is 13.1. The number of aromatic nitrogens is 2. The van der Waals surface area contributed by atoms with Gasteiger partial charge in [-0.3, -0.25) is 9.82 Å². The highest BCUT2D eigenvalue weighted by atomic mass is 32.2. The van der Waals surface area contributed by atoms with Crippen LogP contribution in [0.25, 0.3) is 17.0 Å². The molecule has 0 unspecified atom stereocenters. The molecule has 3 N–H and O–H groups in total. The molecule has 0 atom stereocenters. The van der Waals surface area contributed by atoms with Gasteiger partial charge in [0.15, 0.2) is 9.84 Å². The Morgan fingerprint density at radius 3 is 2.43 bits per heavy atom. The standard InChI is InChI=1S/C17H15N3O6S2/c1-27(23,24)15-4-2-3-5-16(15)28(25,26)20-11-6-7-13-12(10-11)14(19-18-13)8-9-17(21)22/h2-10,20H,1H3,(H,18,19)(H,21,22)/b9-8+. The van der Waals surface area contributed by atoms with Crippen LogP contribution < -0.4 is 4.72 Å². The number of nitrogens with zero attached hydrogens (tertiary/aromatic N) is 1. The van der Waals surface area contributed by atoms with Crippen LogP contribution in [0.1, 0.15) is 5.69 Å². The quantitative estimate of drug-likeness (QED) is 0.515. The first kappa shape index (κ1) is 19.6. The molecule has 0 aliphatic heterocycles. The second-order valence-corrected chi connectivity index (χ2v) is 9.50. The third kappa shape index (κ3) is 4.05. The van der Waals surface area contributed by atoms with Gasteiger partial charge in [0.05, 0.1) is 16.1 Å².